The number of carbonyl (C=O) groups excluding carboxylic acids is 1. The van der Waals surface area contributed by atoms with Crippen LogP contribution in [0.2, 0.25) is 0 Å². The van der Waals surface area contributed by atoms with Crippen molar-refractivity contribution < 1.29 is 24.1 Å². The molecule has 39 heavy (non-hydrogen) atoms. The van der Waals surface area contributed by atoms with E-state index in [4.69, 9.17) is 14.2 Å². The van der Waals surface area contributed by atoms with Crippen LogP contribution < -0.4 is 10.1 Å². The van der Waals surface area contributed by atoms with Crippen molar-refractivity contribution in [1.82, 2.24) is 0 Å². The molecule has 5 rings (SSSR count). The number of anilines is 1. The molecular weight excluding hydrogens is 510 g/mol. The number of thioether (sulfide) groups is 1. The second kappa shape index (κ2) is 13.0. The number of rotatable bonds is 9. The highest BCUT2D eigenvalue weighted by Crippen LogP contribution is 2.40. The predicted octanol–water partition coefficient (Wildman–Crippen LogP) is 6.78. The highest BCUT2D eigenvalue weighted by atomic mass is 32.2. The van der Waals surface area contributed by atoms with Crippen LogP contribution in [0.25, 0.3) is 0 Å². The number of ether oxygens (including phenoxy) is 3. The topological polar surface area (TPSA) is 77.0 Å². The lowest BCUT2D eigenvalue weighted by Gasteiger charge is -2.36. The highest BCUT2D eigenvalue weighted by Gasteiger charge is 2.32. The number of methoxy groups -OCH3 is 1. The molecule has 2 N–H and O–H groups in total. The minimum absolute atomic E-state index is 0.00277. The number of amides is 1. The zero-order chi connectivity index (χ0) is 27.0. The molecule has 1 heterocycles. The van der Waals surface area contributed by atoms with Crippen LogP contribution in [-0.2, 0) is 16.1 Å². The normalized spacial score (nSPS) is 18.9. The minimum Gasteiger partial charge on any atom is -0.496 e. The average molecular weight is 542 g/mol. The van der Waals surface area contributed by atoms with Crippen LogP contribution in [0.3, 0.4) is 0 Å². The van der Waals surface area contributed by atoms with Crippen molar-refractivity contribution in [3.8, 4) is 5.75 Å². The van der Waals surface area contributed by atoms with Crippen molar-refractivity contribution in [3.05, 3.63) is 125 Å². The van der Waals surface area contributed by atoms with Gasteiger partial charge in [0.25, 0.3) is 5.91 Å². The number of hydrogen-bond acceptors (Lipinski definition) is 6. The minimum atomic E-state index is -0.613. The highest BCUT2D eigenvalue weighted by molar-refractivity contribution is 7.99. The summed E-state index contributed by atoms with van der Waals surface area (Å²) in [5, 5.41) is 12.4. The fourth-order valence-electron chi connectivity index (χ4n) is 4.50. The van der Waals surface area contributed by atoms with Crippen LogP contribution in [0.5, 0.6) is 5.75 Å². The van der Waals surface area contributed by atoms with Gasteiger partial charge in [-0.15, -0.1) is 11.8 Å². The zero-order valence-electron chi connectivity index (χ0n) is 21.7. The average Bonchev–Trinajstić information content (AvgIpc) is 3.00. The molecule has 0 bridgehead atoms. The maximum atomic E-state index is 12.7. The molecule has 4 aromatic carbocycles. The number of para-hydroxylation sites is 1. The van der Waals surface area contributed by atoms with E-state index in [0.29, 0.717) is 17.7 Å². The fourth-order valence-corrected chi connectivity index (χ4v) is 5.55. The molecule has 1 fully saturated rings. The van der Waals surface area contributed by atoms with E-state index < -0.39 is 6.29 Å². The first-order chi connectivity index (χ1) is 19.1. The smallest absolute Gasteiger partial charge is 0.255 e. The first-order valence-corrected chi connectivity index (χ1v) is 13.8. The molecule has 0 aliphatic carbocycles. The van der Waals surface area contributed by atoms with Crippen molar-refractivity contribution in [3.63, 3.8) is 0 Å². The summed E-state index contributed by atoms with van der Waals surface area (Å²) in [6.45, 7) is -0.00277. The van der Waals surface area contributed by atoms with E-state index in [1.54, 1.807) is 31.0 Å². The van der Waals surface area contributed by atoms with Gasteiger partial charge in [0.05, 0.1) is 25.9 Å². The van der Waals surface area contributed by atoms with Crippen LogP contribution in [0.15, 0.2) is 108 Å². The molecule has 3 unspecified atom stereocenters. The number of nitrogens with one attached hydrogen (secondary N) is 1. The number of benzene rings is 4. The Morgan fingerprint density at radius 1 is 0.923 bits per heavy atom. The van der Waals surface area contributed by atoms with Gasteiger partial charge in [-0.2, -0.15) is 0 Å². The molecule has 0 saturated carbocycles. The van der Waals surface area contributed by atoms with Crippen LogP contribution in [-0.4, -0.2) is 30.0 Å². The Morgan fingerprint density at radius 2 is 1.69 bits per heavy atom. The van der Waals surface area contributed by atoms with Gasteiger partial charge in [0.15, 0.2) is 6.29 Å². The summed E-state index contributed by atoms with van der Waals surface area (Å²) in [5.74, 6) is 1.38. The largest absolute Gasteiger partial charge is 0.496 e. The van der Waals surface area contributed by atoms with E-state index in [1.807, 2.05) is 91.0 Å². The summed E-state index contributed by atoms with van der Waals surface area (Å²) >= 11 is 1.69. The summed E-state index contributed by atoms with van der Waals surface area (Å²) in [5.41, 5.74) is 3.97. The van der Waals surface area contributed by atoms with E-state index >= 15 is 0 Å². The molecule has 0 spiro atoms. The maximum Gasteiger partial charge on any atom is 0.255 e. The number of carbonyl (C=O) groups is 1. The van der Waals surface area contributed by atoms with Crippen molar-refractivity contribution in [1.29, 1.82) is 0 Å². The van der Waals surface area contributed by atoms with Gasteiger partial charge in [0, 0.05) is 33.9 Å². The zero-order valence-corrected chi connectivity index (χ0v) is 22.5. The molecule has 3 atom stereocenters. The molecule has 1 saturated heterocycles. The molecule has 1 aliphatic heterocycles. The Morgan fingerprint density at radius 3 is 2.46 bits per heavy atom. The lowest BCUT2D eigenvalue weighted by molar-refractivity contribution is -0.245. The van der Waals surface area contributed by atoms with Crippen LogP contribution in [0, 0.1) is 0 Å². The van der Waals surface area contributed by atoms with Gasteiger partial charge in [0.1, 0.15) is 5.75 Å². The van der Waals surface area contributed by atoms with Crippen LogP contribution in [0.1, 0.15) is 45.9 Å². The monoisotopic (exact) mass is 541 g/mol. The third-order valence-electron chi connectivity index (χ3n) is 6.56. The van der Waals surface area contributed by atoms with Gasteiger partial charge in [-0.25, -0.2) is 0 Å². The molecule has 7 heteroatoms. The SMILES string of the molecule is COc1ccccc1SCC1CC(c2ccc(CO)cc2)OC(c2cccc(NC(=O)c3ccccc3)c2)O1. The Kier molecular flexibility index (Phi) is 8.96. The van der Waals surface area contributed by atoms with Crippen LogP contribution in [0.4, 0.5) is 5.69 Å². The molecule has 4 aromatic rings. The number of hydrogen-bond donors (Lipinski definition) is 2. The first kappa shape index (κ1) is 27.0. The third-order valence-corrected chi connectivity index (χ3v) is 7.75. The second-order valence-electron chi connectivity index (χ2n) is 9.26. The van der Waals surface area contributed by atoms with Gasteiger partial charge in [-0.1, -0.05) is 66.7 Å². The molecular formula is C32H31NO5S. The summed E-state index contributed by atoms with van der Waals surface area (Å²) in [6, 6.07) is 32.5. The first-order valence-electron chi connectivity index (χ1n) is 12.9. The summed E-state index contributed by atoms with van der Waals surface area (Å²) < 4.78 is 18.5. The maximum absolute atomic E-state index is 12.7. The van der Waals surface area contributed by atoms with Crippen LogP contribution >= 0.6 is 11.8 Å². The number of aliphatic hydroxyl groups excluding tert-OH is 1. The number of aliphatic hydroxyl groups is 1. The van der Waals surface area contributed by atoms with Gasteiger partial charge >= 0.3 is 0 Å². The lowest BCUT2D eigenvalue weighted by Crippen LogP contribution is -2.31. The van der Waals surface area contributed by atoms with E-state index in [1.165, 1.54) is 0 Å². The van der Waals surface area contributed by atoms with Gasteiger partial charge in [0.2, 0.25) is 0 Å². The lowest BCUT2D eigenvalue weighted by atomic mass is 10.0. The predicted molar refractivity (Wildman–Crippen MR) is 153 cm³/mol. The van der Waals surface area contributed by atoms with Gasteiger partial charge < -0.3 is 24.6 Å². The summed E-state index contributed by atoms with van der Waals surface area (Å²) in [7, 11) is 1.68. The van der Waals surface area contributed by atoms with Gasteiger partial charge in [-0.3, -0.25) is 4.79 Å². The Labute approximate surface area is 232 Å². The quantitative estimate of drug-likeness (QED) is 0.228. The van der Waals surface area contributed by atoms with E-state index in [-0.39, 0.29) is 24.7 Å². The van der Waals surface area contributed by atoms with Crippen molar-refractivity contribution in [2.24, 2.45) is 0 Å². The molecule has 200 valence electrons. The molecule has 0 radical (unpaired) electrons. The second-order valence-corrected chi connectivity index (χ2v) is 10.3. The third kappa shape index (κ3) is 6.88. The van der Waals surface area contributed by atoms with E-state index in [0.717, 1.165) is 33.1 Å². The molecule has 0 aromatic heterocycles. The van der Waals surface area contributed by atoms with Crippen molar-refractivity contribution in [2.75, 3.05) is 18.2 Å². The van der Waals surface area contributed by atoms with Crippen molar-refractivity contribution in [2.45, 2.75) is 36.4 Å². The summed E-state index contributed by atoms with van der Waals surface area (Å²) in [6.07, 6.45) is -0.217. The molecule has 6 nitrogen and oxygen atoms in total. The van der Waals surface area contributed by atoms with E-state index in [2.05, 4.69) is 5.32 Å². The Balaban J connectivity index is 1.36. The standard InChI is InChI=1S/C32H31NO5S/c1-36-28-12-5-6-13-30(28)39-21-27-19-29(23-16-14-22(20-34)15-17-23)38-32(37-27)25-10-7-11-26(18-25)33-31(35)24-8-3-2-4-9-24/h2-18,27,29,32,34H,19-21H2,1H3,(H,33,35). The van der Waals surface area contributed by atoms with Gasteiger partial charge in [-0.05, 0) is 47.5 Å². The fraction of sp³-hybridized carbons (Fsp3) is 0.219. The van der Waals surface area contributed by atoms with E-state index in [9.17, 15) is 9.90 Å². The molecule has 1 amide bonds. The molecule has 1 aliphatic rings. The Hall–Kier alpha value is -3.62. The van der Waals surface area contributed by atoms with Crippen molar-refractivity contribution >= 4 is 23.4 Å². The Bertz CT molecular complexity index is 1380. The summed E-state index contributed by atoms with van der Waals surface area (Å²) in [4.78, 5) is 13.8.